The van der Waals surface area contributed by atoms with Crippen LogP contribution < -0.4 is 5.32 Å². The van der Waals surface area contributed by atoms with Crippen molar-refractivity contribution in [3.63, 3.8) is 0 Å². The summed E-state index contributed by atoms with van der Waals surface area (Å²) in [6, 6.07) is -0.632. The Balaban J connectivity index is 3.43. The number of aliphatic hydroxyl groups is 2. The molecule has 2 unspecified atom stereocenters. The molecular formula is C72H137NO5. The number of amides is 1. The van der Waals surface area contributed by atoms with Crippen molar-refractivity contribution in [3.8, 4) is 0 Å². The summed E-state index contributed by atoms with van der Waals surface area (Å²) in [4.78, 5) is 24.5. The topological polar surface area (TPSA) is 95.9 Å². The van der Waals surface area contributed by atoms with E-state index in [4.69, 9.17) is 4.74 Å². The third-order valence-corrected chi connectivity index (χ3v) is 16.4. The van der Waals surface area contributed by atoms with Gasteiger partial charge in [-0.15, -0.1) is 0 Å². The molecule has 0 spiro atoms. The highest BCUT2D eigenvalue weighted by Crippen LogP contribution is 2.18. The molecule has 0 aliphatic carbocycles. The molecule has 0 heterocycles. The lowest BCUT2D eigenvalue weighted by Crippen LogP contribution is -2.45. The van der Waals surface area contributed by atoms with Gasteiger partial charge in [0, 0.05) is 12.8 Å². The van der Waals surface area contributed by atoms with Gasteiger partial charge in [-0.3, -0.25) is 9.59 Å². The Hall–Kier alpha value is -1.92. The summed E-state index contributed by atoms with van der Waals surface area (Å²) in [5.41, 5.74) is 0. The predicted molar refractivity (Wildman–Crippen MR) is 343 cm³/mol. The average Bonchev–Trinajstić information content (AvgIpc) is 3.44. The number of ether oxygens (including phenoxy) is 1. The van der Waals surface area contributed by atoms with Crippen molar-refractivity contribution in [2.45, 2.75) is 398 Å². The summed E-state index contributed by atoms with van der Waals surface area (Å²) < 4.78 is 5.46. The lowest BCUT2D eigenvalue weighted by atomic mass is 10.0. The molecule has 0 bridgehead atoms. The number of esters is 1. The molecule has 6 heteroatoms. The van der Waals surface area contributed by atoms with Gasteiger partial charge in [-0.2, -0.15) is 0 Å². The van der Waals surface area contributed by atoms with Crippen LogP contribution in [0.15, 0.2) is 36.5 Å². The van der Waals surface area contributed by atoms with E-state index in [2.05, 4.69) is 43.5 Å². The molecule has 2 atom stereocenters. The first kappa shape index (κ1) is 76.1. The Labute approximate surface area is 487 Å². The van der Waals surface area contributed by atoms with E-state index in [-0.39, 0.29) is 18.5 Å². The van der Waals surface area contributed by atoms with Crippen molar-refractivity contribution >= 4 is 11.9 Å². The molecule has 0 aromatic carbocycles. The standard InChI is InChI=1S/C72H137NO5/c1-3-5-7-9-11-13-15-16-17-18-19-20-21-23-26-29-32-35-38-41-45-48-52-56-60-64-70(75)69(68-74)73-71(76)65-61-57-53-49-46-42-39-36-33-30-27-24-22-25-28-31-34-37-40-43-47-51-55-59-63-67-78-72(77)66-62-58-54-50-44-14-12-10-8-6-4-2/h10,12,24,27,60,64,69-70,74-75H,3-9,11,13-23,25-26,28-59,61-63,65-68H2,1-2H3,(H,73,76)/b12-10-,27-24-,64-60+. The molecule has 0 aliphatic rings. The zero-order valence-corrected chi connectivity index (χ0v) is 52.7. The number of aliphatic hydroxyl groups excluding tert-OH is 2. The van der Waals surface area contributed by atoms with Gasteiger partial charge in [-0.05, 0) is 77.0 Å². The molecular weight excluding hydrogens is 959 g/mol. The second kappa shape index (κ2) is 67.6. The summed E-state index contributed by atoms with van der Waals surface area (Å²) in [7, 11) is 0. The number of carbonyl (C=O) groups is 2. The smallest absolute Gasteiger partial charge is 0.305 e. The summed E-state index contributed by atoms with van der Waals surface area (Å²) in [5, 5.41) is 23.3. The Bertz CT molecular complexity index is 1260. The molecule has 0 aliphatic heterocycles. The third kappa shape index (κ3) is 63.3. The number of carbonyl (C=O) groups excluding carboxylic acids is 2. The Morgan fingerprint density at radius 3 is 0.949 bits per heavy atom. The molecule has 6 nitrogen and oxygen atoms in total. The molecule has 0 saturated heterocycles. The van der Waals surface area contributed by atoms with Crippen molar-refractivity contribution in [3.05, 3.63) is 36.5 Å². The maximum Gasteiger partial charge on any atom is 0.305 e. The SMILES string of the molecule is CCCC/C=C\CCCCCCCC(=O)OCCCCCCCCCCCCCC/C=C\CCCCCCCCCCCC(=O)NC(CO)C(O)/C=C/CCCCCCCCCCCCCCCCCCCCCCCCC. The van der Waals surface area contributed by atoms with Gasteiger partial charge in [0.2, 0.25) is 5.91 Å². The Kier molecular flexibility index (Phi) is 65.9. The maximum absolute atomic E-state index is 12.5. The van der Waals surface area contributed by atoms with Crippen LogP contribution in [0.25, 0.3) is 0 Å². The highest BCUT2D eigenvalue weighted by Gasteiger charge is 2.18. The molecule has 0 aromatic heterocycles. The van der Waals surface area contributed by atoms with E-state index in [0.29, 0.717) is 19.4 Å². The zero-order chi connectivity index (χ0) is 56.4. The van der Waals surface area contributed by atoms with E-state index in [1.807, 2.05) is 6.08 Å². The van der Waals surface area contributed by atoms with E-state index < -0.39 is 12.1 Å². The monoisotopic (exact) mass is 1100 g/mol. The molecule has 0 aromatic rings. The maximum atomic E-state index is 12.5. The van der Waals surface area contributed by atoms with E-state index in [1.54, 1.807) is 6.08 Å². The molecule has 78 heavy (non-hydrogen) atoms. The van der Waals surface area contributed by atoms with Crippen molar-refractivity contribution in [1.29, 1.82) is 0 Å². The van der Waals surface area contributed by atoms with Gasteiger partial charge in [0.25, 0.3) is 0 Å². The number of hydrogen-bond donors (Lipinski definition) is 3. The van der Waals surface area contributed by atoms with Crippen molar-refractivity contribution in [2.24, 2.45) is 0 Å². The quantitative estimate of drug-likeness (QED) is 0.0320. The number of hydrogen-bond acceptors (Lipinski definition) is 5. The molecule has 0 radical (unpaired) electrons. The fourth-order valence-corrected chi connectivity index (χ4v) is 11.0. The lowest BCUT2D eigenvalue weighted by molar-refractivity contribution is -0.143. The minimum Gasteiger partial charge on any atom is -0.466 e. The zero-order valence-electron chi connectivity index (χ0n) is 52.7. The van der Waals surface area contributed by atoms with E-state index in [0.717, 1.165) is 44.9 Å². The van der Waals surface area contributed by atoms with Crippen LogP contribution in [0, 0.1) is 0 Å². The second-order valence-corrected chi connectivity index (χ2v) is 24.2. The summed E-state index contributed by atoms with van der Waals surface area (Å²) in [6.45, 7) is 4.89. The number of rotatable bonds is 66. The van der Waals surface area contributed by atoms with Gasteiger partial charge < -0.3 is 20.3 Å². The molecule has 1 amide bonds. The lowest BCUT2D eigenvalue weighted by Gasteiger charge is -2.20. The van der Waals surface area contributed by atoms with E-state index in [1.165, 1.54) is 315 Å². The van der Waals surface area contributed by atoms with Crippen LogP contribution in [-0.4, -0.2) is 47.4 Å². The third-order valence-electron chi connectivity index (χ3n) is 16.4. The fourth-order valence-electron chi connectivity index (χ4n) is 11.0. The second-order valence-electron chi connectivity index (χ2n) is 24.2. The fraction of sp³-hybridized carbons (Fsp3) is 0.889. The van der Waals surface area contributed by atoms with Crippen LogP contribution in [0.4, 0.5) is 0 Å². The number of allylic oxidation sites excluding steroid dienone is 5. The van der Waals surface area contributed by atoms with E-state index >= 15 is 0 Å². The largest absolute Gasteiger partial charge is 0.466 e. The summed E-state index contributed by atoms with van der Waals surface area (Å²) >= 11 is 0. The van der Waals surface area contributed by atoms with Crippen LogP contribution in [0.5, 0.6) is 0 Å². The highest BCUT2D eigenvalue weighted by atomic mass is 16.5. The van der Waals surface area contributed by atoms with Gasteiger partial charge in [-0.1, -0.05) is 333 Å². The number of nitrogens with one attached hydrogen (secondary N) is 1. The first-order valence-electron chi connectivity index (χ1n) is 35.3. The summed E-state index contributed by atoms with van der Waals surface area (Å²) in [6.07, 6.45) is 86.5. The first-order chi connectivity index (χ1) is 38.5. The van der Waals surface area contributed by atoms with Crippen molar-refractivity contribution in [2.75, 3.05) is 13.2 Å². The van der Waals surface area contributed by atoms with Gasteiger partial charge in [0.1, 0.15) is 0 Å². The van der Waals surface area contributed by atoms with Crippen molar-refractivity contribution < 1.29 is 24.5 Å². The average molecular weight is 1100 g/mol. The molecule has 0 saturated carbocycles. The molecule has 3 N–H and O–H groups in total. The van der Waals surface area contributed by atoms with Crippen LogP contribution in [-0.2, 0) is 14.3 Å². The minimum absolute atomic E-state index is 0.00229. The van der Waals surface area contributed by atoms with Crippen LogP contribution >= 0.6 is 0 Å². The van der Waals surface area contributed by atoms with Gasteiger partial charge in [0.15, 0.2) is 0 Å². The predicted octanol–water partition coefficient (Wildman–Crippen LogP) is 22.7. The highest BCUT2D eigenvalue weighted by molar-refractivity contribution is 5.76. The summed E-state index contributed by atoms with van der Waals surface area (Å²) in [5.74, 6) is -0.0648. The Morgan fingerprint density at radius 2 is 0.615 bits per heavy atom. The molecule has 460 valence electrons. The minimum atomic E-state index is -0.848. The normalized spacial score (nSPS) is 12.7. The van der Waals surface area contributed by atoms with Crippen LogP contribution in [0.2, 0.25) is 0 Å². The van der Waals surface area contributed by atoms with Gasteiger partial charge in [0.05, 0.1) is 25.4 Å². The van der Waals surface area contributed by atoms with Gasteiger partial charge >= 0.3 is 5.97 Å². The Morgan fingerprint density at radius 1 is 0.346 bits per heavy atom. The van der Waals surface area contributed by atoms with Gasteiger partial charge in [-0.25, -0.2) is 0 Å². The number of unbranched alkanes of at least 4 members (excludes halogenated alkanes) is 51. The van der Waals surface area contributed by atoms with Crippen LogP contribution in [0.1, 0.15) is 386 Å². The molecule has 0 fully saturated rings. The first-order valence-corrected chi connectivity index (χ1v) is 35.3. The van der Waals surface area contributed by atoms with Crippen molar-refractivity contribution in [1.82, 2.24) is 5.32 Å². The van der Waals surface area contributed by atoms with E-state index in [9.17, 15) is 19.8 Å². The molecule has 0 rings (SSSR count). The van der Waals surface area contributed by atoms with Crippen LogP contribution in [0.3, 0.4) is 0 Å².